The third kappa shape index (κ3) is 3.47. The lowest BCUT2D eigenvalue weighted by molar-refractivity contribution is 0.0951. The maximum absolute atomic E-state index is 12.6. The summed E-state index contributed by atoms with van der Waals surface area (Å²) in [5, 5.41) is 7.69. The van der Waals surface area contributed by atoms with Gasteiger partial charge in [0.25, 0.3) is 5.91 Å². The zero-order chi connectivity index (χ0) is 18.5. The van der Waals surface area contributed by atoms with Crippen LogP contribution in [0.25, 0.3) is 16.8 Å². The van der Waals surface area contributed by atoms with E-state index in [1.54, 1.807) is 6.20 Å². The number of nitrogens with zero attached hydrogens (tertiary/aromatic N) is 3. The maximum atomic E-state index is 12.6. The predicted molar refractivity (Wildman–Crippen MR) is 104 cm³/mol. The van der Waals surface area contributed by atoms with E-state index in [0.717, 1.165) is 47.4 Å². The Hall–Kier alpha value is -2.69. The molecule has 0 aliphatic carbocycles. The highest BCUT2D eigenvalue weighted by Crippen LogP contribution is 2.28. The molecular formula is C21H26N4O. The fraction of sp³-hybridized carbons (Fsp3) is 0.381. The summed E-state index contributed by atoms with van der Waals surface area (Å²) in [6, 6.07) is 10.1. The van der Waals surface area contributed by atoms with Gasteiger partial charge in [-0.25, -0.2) is 9.50 Å². The molecule has 0 atom stereocenters. The number of aryl methyl sites for hydroxylation is 2. The van der Waals surface area contributed by atoms with Gasteiger partial charge in [-0.15, -0.1) is 0 Å². The number of unbranched alkanes of at least 4 members (excludes halogenated alkanes) is 2. The Labute approximate surface area is 154 Å². The number of carbonyl (C=O) groups excluding carboxylic acids is 1. The molecule has 2 aromatic heterocycles. The third-order valence-electron chi connectivity index (χ3n) is 4.63. The van der Waals surface area contributed by atoms with Crippen LogP contribution in [0, 0.1) is 6.92 Å². The van der Waals surface area contributed by atoms with Crippen LogP contribution in [0.3, 0.4) is 0 Å². The number of rotatable bonds is 7. The van der Waals surface area contributed by atoms with E-state index in [1.807, 2.05) is 36.6 Å². The molecule has 0 aliphatic heterocycles. The van der Waals surface area contributed by atoms with E-state index in [1.165, 1.54) is 0 Å². The first kappa shape index (κ1) is 18.1. The molecule has 5 heteroatoms. The SMILES string of the molecule is CCCCCNC(=O)c1cnc2c(-c3ccccc3)c(C)nn2c1CC. The third-order valence-corrected chi connectivity index (χ3v) is 4.63. The molecule has 0 radical (unpaired) electrons. The fourth-order valence-corrected chi connectivity index (χ4v) is 3.28. The number of nitrogens with one attached hydrogen (secondary N) is 1. The van der Waals surface area contributed by atoms with Crippen LogP contribution in [0.2, 0.25) is 0 Å². The summed E-state index contributed by atoms with van der Waals surface area (Å²) in [4.78, 5) is 17.2. The largest absolute Gasteiger partial charge is 0.352 e. The maximum Gasteiger partial charge on any atom is 0.254 e. The number of carbonyl (C=O) groups is 1. The summed E-state index contributed by atoms with van der Waals surface area (Å²) in [6.07, 6.45) is 5.66. The second-order valence-electron chi connectivity index (χ2n) is 6.50. The lowest BCUT2D eigenvalue weighted by Crippen LogP contribution is -2.26. The van der Waals surface area contributed by atoms with Gasteiger partial charge in [0.2, 0.25) is 0 Å². The molecule has 1 aromatic carbocycles. The standard InChI is InChI=1S/C21H26N4O/c1-4-6-10-13-22-21(26)17-14-23-20-19(16-11-8-7-9-12-16)15(3)24-25(20)18(17)5-2/h7-9,11-12,14H,4-6,10,13H2,1-3H3,(H,22,26). The summed E-state index contributed by atoms with van der Waals surface area (Å²) in [5.41, 5.74) is 5.33. The average Bonchev–Trinajstić information content (AvgIpc) is 3.00. The molecule has 0 bridgehead atoms. The van der Waals surface area contributed by atoms with Gasteiger partial charge in [0.05, 0.1) is 17.0 Å². The van der Waals surface area contributed by atoms with Crippen LogP contribution in [0.1, 0.15) is 54.9 Å². The van der Waals surface area contributed by atoms with E-state index in [2.05, 4.69) is 34.5 Å². The van der Waals surface area contributed by atoms with Crippen LogP contribution in [0.4, 0.5) is 0 Å². The first-order chi connectivity index (χ1) is 12.7. The number of aromatic nitrogens is 3. The average molecular weight is 350 g/mol. The van der Waals surface area contributed by atoms with Crippen LogP contribution in [-0.4, -0.2) is 27.0 Å². The van der Waals surface area contributed by atoms with Crippen LogP contribution in [0.15, 0.2) is 36.5 Å². The number of hydrogen-bond donors (Lipinski definition) is 1. The number of fused-ring (bicyclic) bond motifs is 1. The Balaban J connectivity index is 2.00. The fourth-order valence-electron chi connectivity index (χ4n) is 3.28. The Morgan fingerprint density at radius 3 is 2.62 bits per heavy atom. The molecule has 0 spiro atoms. The van der Waals surface area contributed by atoms with E-state index >= 15 is 0 Å². The van der Waals surface area contributed by atoms with Gasteiger partial charge >= 0.3 is 0 Å². The van der Waals surface area contributed by atoms with E-state index in [9.17, 15) is 4.79 Å². The van der Waals surface area contributed by atoms with Gasteiger partial charge in [-0.2, -0.15) is 5.10 Å². The van der Waals surface area contributed by atoms with Gasteiger partial charge in [-0.1, -0.05) is 57.0 Å². The van der Waals surface area contributed by atoms with E-state index in [4.69, 9.17) is 0 Å². The molecule has 3 rings (SSSR count). The van der Waals surface area contributed by atoms with Crippen LogP contribution < -0.4 is 5.32 Å². The molecule has 0 aliphatic rings. The highest BCUT2D eigenvalue weighted by molar-refractivity contribution is 5.95. The lowest BCUT2D eigenvalue weighted by atomic mass is 10.1. The van der Waals surface area contributed by atoms with Gasteiger partial charge in [0.1, 0.15) is 0 Å². The molecule has 0 fully saturated rings. The van der Waals surface area contributed by atoms with Crippen molar-refractivity contribution in [3.05, 3.63) is 53.5 Å². The molecule has 0 unspecified atom stereocenters. The summed E-state index contributed by atoms with van der Waals surface area (Å²) in [5.74, 6) is -0.0678. The van der Waals surface area contributed by atoms with Crippen molar-refractivity contribution in [3.63, 3.8) is 0 Å². The number of hydrogen-bond acceptors (Lipinski definition) is 3. The van der Waals surface area contributed by atoms with E-state index in [-0.39, 0.29) is 5.91 Å². The quantitative estimate of drug-likeness (QED) is 0.650. The van der Waals surface area contributed by atoms with Gasteiger partial charge in [0, 0.05) is 18.3 Å². The summed E-state index contributed by atoms with van der Waals surface area (Å²) in [7, 11) is 0. The molecule has 136 valence electrons. The minimum atomic E-state index is -0.0678. The topological polar surface area (TPSA) is 59.3 Å². The zero-order valence-electron chi connectivity index (χ0n) is 15.7. The molecule has 5 nitrogen and oxygen atoms in total. The van der Waals surface area contributed by atoms with Gasteiger partial charge in [0.15, 0.2) is 5.65 Å². The smallest absolute Gasteiger partial charge is 0.254 e. The van der Waals surface area contributed by atoms with Crippen molar-refractivity contribution < 1.29 is 4.79 Å². The van der Waals surface area contributed by atoms with Gasteiger partial charge < -0.3 is 5.32 Å². The Kier molecular flexibility index (Phi) is 5.66. The highest BCUT2D eigenvalue weighted by atomic mass is 16.1. The summed E-state index contributed by atoms with van der Waals surface area (Å²) >= 11 is 0. The second-order valence-corrected chi connectivity index (χ2v) is 6.50. The molecule has 3 aromatic rings. The Morgan fingerprint density at radius 2 is 1.92 bits per heavy atom. The predicted octanol–water partition coefficient (Wildman–Crippen LogP) is 4.19. The van der Waals surface area contributed by atoms with Crippen molar-refractivity contribution in [2.45, 2.75) is 46.5 Å². The molecule has 2 heterocycles. The van der Waals surface area contributed by atoms with Crippen molar-refractivity contribution in [2.75, 3.05) is 6.54 Å². The number of amides is 1. The van der Waals surface area contributed by atoms with Crippen LogP contribution in [-0.2, 0) is 6.42 Å². The minimum absolute atomic E-state index is 0.0678. The highest BCUT2D eigenvalue weighted by Gasteiger charge is 2.19. The van der Waals surface area contributed by atoms with Gasteiger partial charge in [-0.05, 0) is 25.3 Å². The summed E-state index contributed by atoms with van der Waals surface area (Å²) < 4.78 is 1.83. The first-order valence-electron chi connectivity index (χ1n) is 9.38. The monoisotopic (exact) mass is 350 g/mol. The van der Waals surface area contributed by atoms with Crippen molar-refractivity contribution in [1.29, 1.82) is 0 Å². The van der Waals surface area contributed by atoms with Crippen molar-refractivity contribution in [1.82, 2.24) is 19.9 Å². The van der Waals surface area contributed by atoms with Crippen molar-refractivity contribution >= 4 is 11.6 Å². The second kappa shape index (κ2) is 8.13. The van der Waals surface area contributed by atoms with E-state index in [0.29, 0.717) is 18.5 Å². The van der Waals surface area contributed by atoms with Crippen LogP contribution >= 0.6 is 0 Å². The van der Waals surface area contributed by atoms with Gasteiger partial charge in [-0.3, -0.25) is 4.79 Å². The van der Waals surface area contributed by atoms with Crippen LogP contribution in [0.5, 0.6) is 0 Å². The Morgan fingerprint density at radius 1 is 1.15 bits per heavy atom. The molecule has 26 heavy (non-hydrogen) atoms. The normalized spacial score (nSPS) is 11.0. The first-order valence-corrected chi connectivity index (χ1v) is 9.38. The summed E-state index contributed by atoms with van der Waals surface area (Å²) in [6.45, 7) is 6.88. The van der Waals surface area contributed by atoms with Crippen molar-refractivity contribution in [3.8, 4) is 11.1 Å². The van der Waals surface area contributed by atoms with E-state index < -0.39 is 0 Å². The zero-order valence-corrected chi connectivity index (χ0v) is 15.7. The van der Waals surface area contributed by atoms with Crippen molar-refractivity contribution in [2.24, 2.45) is 0 Å². The molecule has 1 amide bonds. The lowest BCUT2D eigenvalue weighted by Gasteiger charge is -2.10. The molecule has 1 N–H and O–H groups in total. The minimum Gasteiger partial charge on any atom is -0.352 e. The molecular weight excluding hydrogens is 324 g/mol. The molecule has 0 saturated carbocycles. The molecule has 0 saturated heterocycles. The number of benzene rings is 1. The Bertz CT molecular complexity index is 899.